The second-order valence-electron chi connectivity index (χ2n) is 6.98. The molecule has 3 aromatic carbocycles. The molecule has 174 valence electrons. The molecule has 0 atom stereocenters. The van der Waals surface area contributed by atoms with Gasteiger partial charge in [-0.05, 0) is 54.6 Å². The number of carbonyl (C=O) groups is 1. The average molecular weight is 491 g/mol. The van der Waals surface area contributed by atoms with Crippen LogP contribution in [0, 0.1) is 0 Å². The van der Waals surface area contributed by atoms with Gasteiger partial charge in [0.15, 0.2) is 12.4 Å². The van der Waals surface area contributed by atoms with Crippen LogP contribution >= 0.6 is 11.6 Å². The van der Waals surface area contributed by atoms with Gasteiger partial charge in [0.25, 0.3) is 5.91 Å². The van der Waals surface area contributed by atoms with Crippen LogP contribution < -0.4 is 23.8 Å². The first-order valence-corrected chi connectivity index (χ1v) is 12.0. The van der Waals surface area contributed by atoms with Crippen molar-refractivity contribution < 1.29 is 27.4 Å². The fraction of sp³-hybridized carbons (Fsp3) is 0.174. The van der Waals surface area contributed by atoms with Crippen molar-refractivity contribution in [3.05, 3.63) is 71.8 Å². The molecule has 10 heteroatoms. The van der Waals surface area contributed by atoms with Crippen LogP contribution in [0.1, 0.15) is 0 Å². The summed E-state index contributed by atoms with van der Waals surface area (Å²) in [5, 5.41) is 3.15. The molecular formula is C23H23ClN2O6S. The van der Waals surface area contributed by atoms with Crippen molar-refractivity contribution in [3.63, 3.8) is 0 Å². The molecular weight excluding hydrogens is 468 g/mol. The molecule has 8 nitrogen and oxygen atoms in total. The summed E-state index contributed by atoms with van der Waals surface area (Å²) >= 11 is 6.09. The number of amides is 1. The van der Waals surface area contributed by atoms with E-state index >= 15 is 0 Å². The van der Waals surface area contributed by atoms with E-state index in [1.165, 1.54) is 7.05 Å². The third-order valence-electron chi connectivity index (χ3n) is 4.55. The predicted molar refractivity (Wildman–Crippen MR) is 128 cm³/mol. The van der Waals surface area contributed by atoms with Crippen LogP contribution in [0.3, 0.4) is 0 Å². The Labute approximate surface area is 197 Å². The number of carbonyl (C=O) groups excluding carboxylic acids is 1. The SMILES string of the molecule is COc1cccc(Oc2ccc(Cl)cc2NC(=O)COc2ccc(N(C)S(C)(=O)=O)cc2)c1. The molecule has 1 amide bonds. The number of nitrogens with zero attached hydrogens (tertiary/aromatic N) is 1. The smallest absolute Gasteiger partial charge is 0.262 e. The quantitative estimate of drug-likeness (QED) is 0.472. The molecule has 0 aliphatic rings. The summed E-state index contributed by atoms with van der Waals surface area (Å²) in [6, 6.07) is 18.3. The van der Waals surface area contributed by atoms with Gasteiger partial charge in [-0.25, -0.2) is 8.42 Å². The predicted octanol–water partition coefficient (Wildman–Crippen LogP) is 4.55. The van der Waals surface area contributed by atoms with E-state index in [9.17, 15) is 13.2 Å². The average Bonchev–Trinajstić information content (AvgIpc) is 2.79. The highest BCUT2D eigenvalue weighted by Crippen LogP contribution is 2.33. The normalized spacial score (nSPS) is 10.9. The molecule has 0 aliphatic carbocycles. The first-order chi connectivity index (χ1) is 15.7. The number of hydrogen-bond acceptors (Lipinski definition) is 6. The number of sulfonamides is 1. The van der Waals surface area contributed by atoms with Crippen LogP contribution in [0.2, 0.25) is 5.02 Å². The van der Waals surface area contributed by atoms with Crippen LogP contribution in [0.4, 0.5) is 11.4 Å². The van der Waals surface area contributed by atoms with Crippen LogP contribution in [0.25, 0.3) is 0 Å². The maximum atomic E-state index is 12.5. The zero-order valence-corrected chi connectivity index (χ0v) is 19.8. The van der Waals surface area contributed by atoms with Gasteiger partial charge in [-0.2, -0.15) is 0 Å². The minimum atomic E-state index is -3.36. The Morgan fingerprint density at radius 3 is 2.36 bits per heavy atom. The molecule has 0 saturated heterocycles. The minimum Gasteiger partial charge on any atom is -0.497 e. The third-order valence-corrected chi connectivity index (χ3v) is 5.99. The van der Waals surface area contributed by atoms with E-state index in [-0.39, 0.29) is 6.61 Å². The van der Waals surface area contributed by atoms with E-state index in [2.05, 4.69) is 5.32 Å². The van der Waals surface area contributed by atoms with Gasteiger partial charge >= 0.3 is 0 Å². The summed E-state index contributed by atoms with van der Waals surface area (Å²) in [5.41, 5.74) is 0.858. The second kappa shape index (κ2) is 10.5. The molecule has 0 saturated carbocycles. The van der Waals surface area contributed by atoms with Gasteiger partial charge in [0, 0.05) is 18.1 Å². The number of nitrogens with one attached hydrogen (secondary N) is 1. The number of methoxy groups -OCH3 is 1. The largest absolute Gasteiger partial charge is 0.497 e. The monoisotopic (exact) mass is 490 g/mol. The summed E-state index contributed by atoms with van der Waals surface area (Å²) in [6.45, 7) is -0.271. The van der Waals surface area contributed by atoms with Gasteiger partial charge < -0.3 is 19.5 Å². The van der Waals surface area contributed by atoms with Crippen LogP contribution in [0.15, 0.2) is 66.7 Å². The van der Waals surface area contributed by atoms with Crippen molar-refractivity contribution in [2.45, 2.75) is 0 Å². The number of benzene rings is 3. The summed E-state index contributed by atoms with van der Waals surface area (Å²) in [4.78, 5) is 12.5. The molecule has 3 aromatic rings. The Bertz CT molecular complexity index is 1230. The third kappa shape index (κ3) is 6.77. The van der Waals surface area contributed by atoms with E-state index in [0.29, 0.717) is 39.4 Å². The molecule has 0 heterocycles. The van der Waals surface area contributed by atoms with Crippen molar-refractivity contribution in [1.82, 2.24) is 0 Å². The summed E-state index contributed by atoms with van der Waals surface area (Å²) < 4.78 is 41.0. The van der Waals surface area contributed by atoms with Gasteiger partial charge in [-0.3, -0.25) is 9.10 Å². The lowest BCUT2D eigenvalue weighted by Gasteiger charge is -2.17. The van der Waals surface area contributed by atoms with Crippen molar-refractivity contribution in [2.24, 2.45) is 0 Å². The molecule has 1 N–H and O–H groups in total. The van der Waals surface area contributed by atoms with Crippen molar-refractivity contribution >= 4 is 38.9 Å². The number of halogens is 1. The number of anilines is 2. The van der Waals surface area contributed by atoms with E-state index in [1.807, 2.05) is 0 Å². The van der Waals surface area contributed by atoms with Crippen LogP contribution in [-0.4, -0.2) is 41.3 Å². The standard InChI is InChI=1S/C23H23ClN2O6S/c1-26(33(3,28)29)17-8-10-18(11-9-17)31-15-23(27)25-21-13-16(24)7-12-22(21)32-20-6-4-5-19(14-20)30-2/h4-14H,15H2,1-3H3,(H,25,27). The highest BCUT2D eigenvalue weighted by atomic mass is 35.5. The molecule has 0 fully saturated rings. The van der Waals surface area contributed by atoms with Crippen molar-refractivity contribution in [3.8, 4) is 23.0 Å². The zero-order valence-electron chi connectivity index (χ0n) is 18.2. The number of hydrogen-bond donors (Lipinski definition) is 1. The summed E-state index contributed by atoms with van der Waals surface area (Å²) in [5.74, 6) is 1.55. The number of rotatable bonds is 9. The van der Waals surface area contributed by atoms with Crippen LogP contribution in [-0.2, 0) is 14.8 Å². The van der Waals surface area contributed by atoms with Gasteiger partial charge in [0.05, 0.1) is 24.7 Å². The molecule has 3 rings (SSSR count). The Balaban J connectivity index is 1.65. The van der Waals surface area contributed by atoms with Crippen molar-refractivity contribution in [1.29, 1.82) is 0 Å². The van der Waals surface area contributed by atoms with Crippen LogP contribution in [0.5, 0.6) is 23.0 Å². The minimum absolute atomic E-state index is 0.271. The fourth-order valence-corrected chi connectivity index (χ4v) is 3.44. The van der Waals surface area contributed by atoms with Gasteiger partial charge in [-0.1, -0.05) is 17.7 Å². The molecule has 0 spiro atoms. The Morgan fingerprint density at radius 1 is 1.00 bits per heavy atom. The van der Waals surface area contributed by atoms with Gasteiger partial charge in [0.1, 0.15) is 17.2 Å². The second-order valence-corrected chi connectivity index (χ2v) is 9.43. The van der Waals surface area contributed by atoms with E-state index in [4.69, 9.17) is 25.8 Å². The fourth-order valence-electron chi connectivity index (χ4n) is 2.76. The number of ether oxygens (including phenoxy) is 3. The van der Waals surface area contributed by atoms with Gasteiger partial charge in [0.2, 0.25) is 10.0 Å². The highest BCUT2D eigenvalue weighted by molar-refractivity contribution is 7.92. The highest BCUT2D eigenvalue weighted by Gasteiger charge is 2.13. The van der Waals surface area contributed by atoms with Gasteiger partial charge in [-0.15, -0.1) is 0 Å². The Kier molecular flexibility index (Phi) is 7.67. The maximum absolute atomic E-state index is 12.5. The Hall–Kier alpha value is -3.43. The summed E-state index contributed by atoms with van der Waals surface area (Å²) in [6.07, 6.45) is 1.11. The molecule has 0 aliphatic heterocycles. The molecule has 0 unspecified atom stereocenters. The molecule has 0 radical (unpaired) electrons. The summed E-state index contributed by atoms with van der Waals surface area (Å²) in [7, 11) is -0.351. The molecule has 0 aromatic heterocycles. The topological polar surface area (TPSA) is 94.2 Å². The van der Waals surface area contributed by atoms with Crippen molar-refractivity contribution in [2.75, 3.05) is 36.6 Å². The lowest BCUT2D eigenvalue weighted by molar-refractivity contribution is -0.118. The van der Waals surface area contributed by atoms with E-state index < -0.39 is 15.9 Å². The zero-order chi connectivity index (χ0) is 24.0. The molecule has 33 heavy (non-hydrogen) atoms. The Morgan fingerprint density at radius 2 is 1.70 bits per heavy atom. The first kappa shape index (κ1) is 24.2. The maximum Gasteiger partial charge on any atom is 0.262 e. The van der Waals surface area contributed by atoms with E-state index in [0.717, 1.165) is 10.6 Å². The molecule has 0 bridgehead atoms. The lowest BCUT2D eigenvalue weighted by atomic mass is 10.2. The van der Waals surface area contributed by atoms with E-state index in [1.54, 1.807) is 73.8 Å². The lowest BCUT2D eigenvalue weighted by Crippen LogP contribution is -2.24. The first-order valence-electron chi connectivity index (χ1n) is 9.74.